The molecule has 1 heterocycles. The zero-order valence-electron chi connectivity index (χ0n) is 12.3. The van der Waals surface area contributed by atoms with Gasteiger partial charge in [0.15, 0.2) is 5.82 Å². The Balaban J connectivity index is 2.48. The van der Waals surface area contributed by atoms with E-state index in [-0.39, 0.29) is 11.7 Å². The lowest BCUT2D eigenvalue weighted by atomic mass is 10.0. The number of phenolic OH excluding ortho intramolecular Hbond substituents is 1. The predicted molar refractivity (Wildman–Crippen MR) is 79.2 cm³/mol. The smallest absolute Gasteiger partial charge is 0.341 e. The molecular weight excluding hydrogens is 268 g/mol. The lowest BCUT2D eigenvalue weighted by Crippen LogP contribution is -2.12. The molecule has 0 bridgehead atoms. The van der Waals surface area contributed by atoms with Crippen molar-refractivity contribution in [2.75, 3.05) is 6.61 Å². The molecule has 0 saturated carbocycles. The maximum Gasteiger partial charge on any atom is 0.341 e. The van der Waals surface area contributed by atoms with Crippen molar-refractivity contribution in [3.8, 4) is 17.1 Å². The Morgan fingerprint density at radius 3 is 2.76 bits per heavy atom. The molecule has 0 spiro atoms. The van der Waals surface area contributed by atoms with Gasteiger partial charge >= 0.3 is 5.97 Å². The van der Waals surface area contributed by atoms with Gasteiger partial charge in [-0.05, 0) is 25.0 Å². The molecule has 2 aromatic rings. The molecule has 0 amide bonds. The van der Waals surface area contributed by atoms with Gasteiger partial charge in [0, 0.05) is 11.8 Å². The lowest BCUT2D eigenvalue weighted by Gasteiger charge is -2.12. The predicted octanol–water partition coefficient (Wildman–Crippen LogP) is 3.15. The number of carbonyl (C=O) groups is 1. The van der Waals surface area contributed by atoms with Gasteiger partial charge in [0.05, 0.1) is 17.9 Å². The molecule has 5 heteroatoms. The van der Waals surface area contributed by atoms with Crippen molar-refractivity contribution < 1.29 is 14.6 Å². The number of phenols is 1. The number of hydrogen-bond donors (Lipinski definition) is 1. The average molecular weight is 286 g/mol. The number of benzene rings is 1. The highest BCUT2D eigenvalue weighted by Gasteiger charge is 2.18. The van der Waals surface area contributed by atoms with Crippen LogP contribution in [0, 0.1) is 0 Å². The quantitative estimate of drug-likeness (QED) is 0.874. The van der Waals surface area contributed by atoms with Crippen LogP contribution in [0.2, 0.25) is 0 Å². The largest absolute Gasteiger partial charge is 0.508 e. The van der Waals surface area contributed by atoms with Crippen LogP contribution in [0.4, 0.5) is 0 Å². The molecule has 0 aliphatic heterocycles. The Morgan fingerprint density at radius 1 is 1.38 bits per heavy atom. The first-order valence-electron chi connectivity index (χ1n) is 6.86. The van der Waals surface area contributed by atoms with E-state index in [1.54, 1.807) is 25.1 Å². The maximum atomic E-state index is 11.9. The van der Waals surface area contributed by atoms with Crippen molar-refractivity contribution in [2.24, 2.45) is 0 Å². The number of esters is 1. The van der Waals surface area contributed by atoms with Gasteiger partial charge in [-0.3, -0.25) is 0 Å². The van der Waals surface area contributed by atoms with Crippen LogP contribution in [0.25, 0.3) is 11.4 Å². The zero-order valence-corrected chi connectivity index (χ0v) is 12.3. The third-order valence-electron chi connectivity index (χ3n) is 2.96. The topological polar surface area (TPSA) is 72.3 Å². The highest BCUT2D eigenvalue weighted by molar-refractivity contribution is 5.90. The third-order valence-corrected chi connectivity index (χ3v) is 2.96. The van der Waals surface area contributed by atoms with Crippen LogP contribution in [0.5, 0.6) is 5.75 Å². The summed E-state index contributed by atoms with van der Waals surface area (Å²) in [6.07, 6.45) is 1.49. The minimum Gasteiger partial charge on any atom is -0.508 e. The number of ether oxygens (including phenoxy) is 1. The zero-order chi connectivity index (χ0) is 15.4. The molecule has 0 saturated heterocycles. The first-order chi connectivity index (χ1) is 10.0. The van der Waals surface area contributed by atoms with E-state index in [2.05, 4.69) is 9.97 Å². The first kappa shape index (κ1) is 15.0. The Labute approximate surface area is 123 Å². The number of hydrogen-bond acceptors (Lipinski definition) is 5. The highest BCUT2D eigenvalue weighted by atomic mass is 16.5. The summed E-state index contributed by atoms with van der Waals surface area (Å²) in [4.78, 5) is 20.6. The van der Waals surface area contributed by atoms with E-state index >= 15 is 0 Å². The van der Waals surface area contributed by atoms with E-state index in [4.69, 9.17) is 4.74 Å². The third kappa shape index (κ3) is 3.37. The van der Waals surface area contributed by atoms with Crippen LogP contribution < -0.4 is 0 Å². The summed E-state index contributed by atoms with van der Waals surface area (Å²) in [6.45, 7) is 5.98. The molecule has 110 valence electrons. The van der Waals surface area contributed by atoms with Crippen molar-refractivity contribution in [1.29, 1.82) is 0 Å². The second kappa shape index (κ2) is 6.35. The van der Waals surface area contributed by atoms with Gasteiger partial charge in [0.1, 0.15) is 5.75 Å². The van der Waals surface area contributed by atoms with Crippen LogP contribution in [-0.4, -0.2) is 27.7 Å². The Kier molecular flexibility index (Phi) is 4.52. The summed E-state index contributed by atoms with van der Waals surface area (Å²) in [5, 5.41) is 9.54. The number of rotatable bonds is 4. The van der Waals surface area contributed by atoms with Crippen LogP contribution in [0.1, 0.15) is 42.7 Å². The molecule has 21 heavy (non-hydrogen) atoms. The van der Waals surface area contributed by atoms with Gasteiger partial charge in [0.25, 0.3) is 0 Å². The van der Waals surface area contributed by atoms with Gasteiger partial charge in [-0.15, -0.1) is 0 Å². The summed E-state index contributed by atoms with van der Waals surface area (Å²) >= 11 is 0. The van der Waals surface area contributed by atoms with E-state index in [9.17, 15) is 9.90 Å². The van der Waals surface area contributed by atoms with Gasteiger partial charge in [-0.1, -0.05) is 26.0 Å². The molecule has 0 radical (unpaired) electrons. The van der Waals surface area contributed by atoms with Crippen molar-refractivity contribution in [2.45, 2.75) is 26.7 Å². The molecule has 0 unspecified atom stereocenters. The van der Waals surface area contributed by atoms with Crippen molar-refractivity contribution in [3.05, 3.63) is 41.7 Å². The molecule has 1 aromatic heterocycles. The van der Waals surface area contributed by atoms with E-state index in [0.717, 1.165) is 0 Å². The Morgan fingerprint density at radius 2 is 2.14 bits per heavy atom. The number of aromatic nitrogens is 2. The second-order valence-electron chi connectivity index (χ2n) is 4.92. The molecule has 0 fully saturated rings. The molecule has 0 atom stereocenters. The summed E-state index contributed by atoms with van der Waals surface area (Å²) < 4.78 is 5.02. The fourth-order valence-electron chi connectivity index (χ4n) is 1.99. The highest BCUT2D eigenvalue weighted by Crippen LogP contribution is 2.24. The molecule has 0 aliphatic carbocycles. The van der Waals surface area contributed by atoms with Crippen LogP contribution in [-0.2, 0) is 4.74 Å². The van der Waals surface area contributed by atoms with E-state index in [1.165, 1.54) is 6.20 Å². The minimum absolute atomic E-state index is 0.0588. The lowest BCUT2D eigenvalue weighted by molar-refractivity contribution is 0.0523. The van der Waals surface area contributed by atoms with Crippen molar-refractivity contribution in [1.82, 2.24) is 9.97 Å². The normalized spacial score (nSPS) is 10.7. The second-order valence-corrected chi connectivity index (χ2v) is 4.92. The fraction of sp³-hybridized carbons (Fsp3) is 0.312. The first-order valence-corrected chi connectivity index (χ1v) is 6.86. The number of aromatic hydroxyl groups is 1. The van der Waals surface area contributed by atoms with E-state index in [0.29, 0.717) is 29.3 Å². The minimum atomic E-state index is -0.413. The number of nitrogens with zero attached hydrogens (tertiary/aromatic N) is 2. The average Bonchev–Trinajstić information content (AvgIpc) is 2.46. The van der Waals surface area contributed by atoms with Gasteiger partial charge in [-0.25, -0.2) is 14.8 Å². The maximum absolute atomic E-state index is 11.9. The monoisotopic (exact) mass is 286 g/mol. The molecular formula is C16H18N2O3. The van der Waals surface area contributed by atoms with Crippen molar-refractivity contribution in [3.63, 3.8) is 0 Å². The summed E-state index contributed by atoms with van der Waals surface area (Å²) in [5.74, 6) is 0.270. The molecule has 1 N–H and O–H groups in total. The van der Waals surface area contributed by atoms with Gasteiger partial charge < -0.3 is 9.84 Å². The Bertz CT molecular complexity index is 654. The number of carbonyl (C=O) groups excluding carboxylic acids is 1. The van der Waals surface area contributed by atoms with Crippen LogP contribution >= 0.6 is 0 Å². The van der Waals surface area contributed by atoms with Crippen LogP contribution in [0.15, 0.2) is 30.5 Å². The summed E-state index contributed by atoms with van der Waals surface area (Å²) in [6, 6.07) is 6.70. The molecule has 5 nitrogen and oxygen atoms in total. The van der Waals surface area contributed by atoms with Crippen LogP contribution in [0.3, 0.4) is 0 Å². The van der Waals surface area contributed by atoms with E-state index in [1.807, 2.05) is 19.9 Å². The Hall–Kier alpha value is -2.43. The van der Waals surface area contributed by atoms with Crippen molar-refractivity contribution >= 4 is 5.97 Å². The summed E-state index contributed by atoms with van der Waals surface area (Å²) in [7, 11) is 0. The van der Waals surface area contributed by atoms with E-state index < -0.39 is 5.97 Å². The molecule has 0 aliphatic rings. The SMILES string of the molecule is CCOC(=O)c1cnc(-c2cccc(O)c2)nc1C(C)C. The summed E-state index contributed by atoms with van der Waals surface area (Å²) in [5.41, 5.74) is 1.73. The fourth-order valence-corrected chi connectivity index (χ4v) is 1.99. The molecule has 1 aromatic carbocycles. The molecule has 2 rings (SSSR count). The van der Waals surface area contributed by atoms with Gasteiger partial charge in [-0.2, -0.15) is 0 Å². The standard InChI is InChI=1S/C16H18N2O3/c1-4-21-16(20)13-9-17-15(18-14(13)10(2)3)11-6-5-7-12(19)8-11/h5-10,19H,4H2,1-3H3. The van der Waals surface area contributed by atoms with Gasteiger partial charge in [0.2, 0.25) is 0 Å².